The number of rotatable bonds is 6. The van der Waals surface area contributed by atoms with Gasteiger partial charge in [0.1, 0.15) is 5.82 Å². The molecule has 0 radical (unpaired) electrons. The highest BCUT2D eigenvalue weighted by atomic mass is 32.2. The summed E-state index contributed by atoms with van der Waals surface area (Å²) >= 11 is 0. The summed E-state index contributed by atoms with van der Waals surface area (Å²) in [5.41, 5.74) is 0.929. The Bertz CT molecular complexity index is 695. The number of aromatic nitrogens is 2. The van der Waals surface area contributed by atoms with Crippen LogP contribution in [0, 0.1) is 0 Å². The van der Waals surface area contributed by atoms with E-state index in [2.05, 4.69) is 14.7 Å². The summed E-state index contributed by atoms with van der Waals surface area (Å²) in [6.07, 6.45) is 0.473. The smallest absolute Gasteiger partial charge is 0.279 e. The fourth-order valence-corrected chi connectivity index (χ4v) is 3.45. The molecule has 1 aliphatic heterocycles. The van der Waals surface area contributed by atoms with E-state index in [1.165, 1.54) is 14.1 Å². The van der Waals surface area contributed by atoms with E-state index in [0.717, 1.165) is 22.2 Å². The van der Waals surface area contributed by atoms with E-state index in [1.807, 2.05) is 36.9 Å². The molecule has 1 aromatic heterocycles. The molecule has 1 aromatic rings. The minimum Gasteiger partial charge on any atom is -0.390 e. The van der Waals surface area contributed by atoms with Crippen LogP contribution in [0.4, 0.5) is 11.8 Å². The summed E-state index contributed by atoms with van der Waals surface area (Å²) in [5.74, 6) is 1.38. The highest BCUT2D eigenvalue weighted by Gasteiger charge is 2.32. The molecule has 9 nitrogen and oxygen atoms in total. The van der Waals surface area contributed by atoms with Crippen molar-refractivity contribution in [1.82, 2.24) is 19.0 Å². The third kappa shape index (κ3) is 4.78. The van der Waals surface area contributed by atoms with Crippen molar-refractivity contribution in [2.75, 3.05) is 51.1 Å². The molecule has 0 aliphatic carbocycles. The van der Waals surface area contributed by atoms with Crippen molar-refractivity contribution >= 4 is 22.0 Å². The monoisotopic (exact) mass is 372 g/mol. The summed E-state index contributed by atoms with van der Waals surface area (Å²) in [7, 11) is 3.12. The fraction of sp³-hybridized carbons (Fsp3) is 0.733. The van der Waals surface area contributed by atoms with Gasteiger partial charge in [0.05, 0.1) is 12.1 Å². The third-order valence-electron chi connectivity index (χ3n) is 4.20. The van der Waals surface area contributed by atoms with Gasteiger partial charge in [-0.2, -0.15) is 22.4 Å². The van der Waals surface area contributed by atoms with Crippen molar-refractivity contribution in [1.29, 1.82) is 0 Å². The molecule has 2 N–H and O–H groups in total. The van der Waals surface area contributed by atoms with Gasteiger partial charge < -0.3 is 14.9 Å². The highest BCUT2D eigenvalue weighted by Crippen LogP contribution is 2.22. The van der Waals surface area contributed by atoms with Crippen LogP contribution in [0.3, 0.4) is 0 Å². The lowest BCUT2D eigenvalue weighted by Gasteiger charge is -2.37. The number of piperidine rings is 1. The van der Waals surface area contributed by atoms with Gasteiger partial charge in [0.15, 0.2) is 0 Å². The fourth-order valence-electron chi connectivity index (χ4n) is 2.59. The number of anilines is 2. The topological polar surface area (TPSA) is 102 Å². The van der Waals surface area contributed by atoms with Gasteiger partial charge in [-0.15, -0.1) is 0 Å². The Kier molecular flexibility index (Phi) is 6.20. The molecule has 0 aromatic carbocycles. The molecule has 0 saturated carbocycles. The molecule has 0 bridgehead atoms. The minimum atomic E-state index is -3.57. The molecule has 1 saturated heterocycles. The average Bonchev–Trinajstić information content (AvgIpc) is 2.55. The number of aliphatic hydroxyl groups excluding tert-OH is 1. The largest absolute Gasteiger partial charge is 0.390 e. The van der Waals surface area contributed by atoms with Crippen LogP contribution in [0.1, 0.15) is 19.0 Å². The van der Waals surface area contributed by atoms with Crippen LogP contribution in [0.2, 0.25) is 0 Å². The second kappa shape index (κ2) is 7.81. The molecule has 2 atom stereocenters. The number of hydrogen-bond acceptors (Lipinski definition) is 7. The van der Waals surface area contributed by atoms with Crippen LogP contribution in [-0.2, 0) is 16.6 Å². The molecular weight excluding hydrogens is 344 g/mol. The van der Waals surface area contributed by atoms with Gasteiger partial charge in [-0.25, -0.2) is 4.98 Å². The van der Waals surface area contributed by atoms with Crippen LogP contribution < -0.4 is 14.5 Å². The Morgan fingerprint density at radius 2 is 2.00 bits per heavy atom. The van der Waals surface area contributed by atoms with Gasteiger partial charge in [0, 0.05) is 53.0 Å². The van der Waals surface area contributed by atoms with E-state index < -0.39 is 22.4 Å². The zero-order valence-corrected chi connectivity index (χ0v) is 16.3. The van der Waals surface area contributed by atoms with E-state index in [9.17, 15) is 13.5 Å². The Hall–Kier alpha value is -1.49. The highest BCUT2D eigenvalue weighted by molar-refractivity contribution is 7.87. The first-order valence-electron chi connectivity index (χ1n) is 8.32. The Morgan fingerprint density at radius 1 is 1.32 bits per heavy atom. The summed E-state index contributed by atoms with van der Waals surface area (Å²) in [5, 5.41) is 10.4. The lowest BCUT2D eigenvalue weighted by Crippen LogP contribution is -2.56. The first-order valence-corrected chi connectivity index (χ1v) is 9.76. The van der Waals surface area contributed by atoms with Crippen molar-refractivity contribution in [2.45, 2.75) is 31.9 Å². The molecule has 2 heterocycles. The zero-order valence-electron chi connectivity index (χ0n) is 15.5. The molecule has 142 valence electrons. The maximum atomic E-state index is 12.0. The predicted octanol–water partition coefficient (Wildman–Crippen LogP) is -0.559. The van der Waals surface area contributed by atoms with E-state index >= 15 is 0 Å². The Morgan fingerprint density at radius 3 is 2.52 bits per heavy atom. The van der Waals surface area contributed by atoms with Crippen molar-refractivity contribution < 1.29 is 13.5 Å². The summed E-state index contributed by atoms with van der Waals surface area (Å²) in [6.45, 7) is 2.95. The van der Waals surface area contributed by atoms with E-state index in [4.69, 9.17) is 0 Å². The van der Waals surface area contributed by atoms with Crippen molar-refractivity contribution in [3.8, 4) is 0 Å². The van der Waals surface area contributed by atoms with Gasteiger partial charge in [0.25, 0.3) is 10.2 Å². The number of hydrogen-bond donors (Lipinski definition) is 2. The molecule has 1 aliphatic rings. The SMILES string of the molecule is CCc1cc(N2CC[C@@H](NS(=O)(=O)N(C)C)[C@H](O)C2)nc(N(C)C)n1. The normalized spacial score (nSPS) is 21.6. The van der Waals surface area contributed by atoms with Crippen LogP contribution in [0.15, 0.2) is 6.07 Å². The quantitative estimate of drug-likeness (QED) is 0.690. The average molecular weight is 372 g/mol. The van der Waals surface area contributed by atoms with Gasteiger partial charge in [-0.1, -0.05) is 6.92 Å². The number of nitrogens with one attached hydrogen (secondary N) is 1. The maximum Gasteiger partial charge on any atom is 0.279 e. The van der Waals surface area contributed by atoms with Crippen LogP contribution in [-0.4, -0.2) is 81.2 Å². The number of aliphatic hydroxyl groups is 1. The first kappa shape index (κ1) is 19.8. The van der Waals surface area contributed by atoms with Crippen molar-refractivity contribution in [2.24, 2.45) is 0 Å². The molecular formula is C15H28N6O3S. The van der Waals surface area contributed by atoms with E-state index in [-0.39, 0.29) is 0 Å². The summed E-state index contributed by atoms with van der Waals surface area (Å²) in [4.78, 5) is 12.8. The molecule has 0 amide bonds. The first-order chi connectivity index (χ1) is 11.6. The summed E-state index contributed by atoms with van der Waals surface area (Å²) < 4.78 is 27.6. The van der Waals surface area contributed by atoms with E-state index in [0.29, 0.717) is 25.5 Å². The molecule has 1 fully saturated rings. The second-order valence-electron chi connectivity index (χ2n) is 6.58. The van der Waals surface area contributed by atoms with Gasteiger partial charge >= 0.3 is 0 Å². The molecule has 10 heteroatoms. The minimum absolute atomic E-state index is 0.313. The molecule has 0 spiro atoms. The Labute approximate surface area is 149 Å². The third-order valence-corrected chi connectivity index (χ3v) is 5.77. The zero-order chi connectivity index (χ0) is 18.8. The van der Waals surface area contributed by atoms with Crippen molar-refractivity contribution in [3.63, 3.8) is 0 Å². The standard InChI is InChI=1S/C15H28N6O3S/c1-6-11-9-14(17-15(16-11)19(2)3)21-8-7-12(13(22)10-21)18-25(23,24)20(4)5/h9,12-13,18,22H,6-8,10H2,1-5H3/t12-,13-/m1/s1. The number of nitrogens with zero attached hydrogens (tertiary/aromatic N) is 5. The number of β-amino-alcohol motifs (C(OH)–C–C–N with tert-alkyl or cyclic N) is 1. The van der Waals surface area contributed by atoms with Crippen LogP contribution in [0.5, 0.6) is 0 Å². The second-order valence-corrected chi connectivity index (χ2v) is 8.50. The predicted molar refractivity (Wildman–Crippen MR) is 98.1 cm³/mol. The van der Waals surface area contributed by atoms with Crippen molar-refractivity contribution in [3.05, 3.63) is 11.8 Å². The van der Waals surface area contributed by atoms with E-state index in [1.54, 1.807) is 0 Å². The van der Waals surface area contributed by atoms with Crippen LogP contribution >= 0.6 is 0 Å². The molecule has 25 heavy (non-hydrogen) atoms. The molecule has 0 unspecified atom stereocenters. The lowest BCUT2D eigenvalue weighted by atomic mass is 10.0. The maximum absolute atomic E-state index is 12.0. The lowest BCUT2D eigenvalue weighted by molar-refractivity contribution is 0.123. The molecule has 2 rings (SSSR count). The Balaban J connectivity index is 2.14. The summed E-state index contributed by atoms with van der Waals surface area (Å²) in [6, 6.07) is 1.41. The number of aryl methyl sites for hydroxylation is 1. The van der Waals surface area contributed by atoms with Gasteiger partial charge in [0.2, 0.25) is 5.95 Å². The van der Waals surface area contributed by atoms with Crippen LogP contribution in [0.25, 0.3) is 0 Å². The van der Waals surface area contributed by atoms with Gasteiger partial charge in [-0.3, -0.25) is 0 Å². The van der Waals surface area contributed by atoms with Gasteiger partial charge in [-0.05, 0) is 12.8 Å².